The van der Waals surface area contributed by atoms with Crippen LogP contribution in [0.1, 0.15) is 21.5 Å². The molecule has 3 aromatic carbocycles. The molecule has 1 saturated heterocycles. The number of nitrogens with zero attached hydrogens (tertiary/aromatic N) is 3. The highest BCUT2D eigenvalue weighted by Crippen LogP contribution is 2.28. The van der Waals surface area contributed by atoms with E-state index in [9.17, 15) is 13.2 Å². The summed E-state index contributed by atoms with van der Waals surface area (Å²) in [6.45, 7) is 3.53. The number of rotatable bonds is 8. The highest BCUT2D eigenvalue weighted by Gasteiger charge is 2.26. The van der Waals surface area contributed by atoms with Gasteiger partial charge in [0, 0.05) is 44.3 Å². The van der Waals surface area contributed by atoms with Crippen molar-refractivity contribution in [3.8, 4) is 11.5 Å². The van der Waals surface area contributed by atoms with Crippen LogP contribution in [0.3, 0.4) is 0 Å². The Kier molecular flexibility index (Phi) is 7.81. The van der Waals surface area contributed by atoms with Crippen molar-refractivity contribution in [2.75, 3.05) is 40.4 Å². The third-order valence-corrected chi connectivity index (χ3v) is 8.72. The number of ether oxygens (including phenoxy) is 2. The average Bonchev–Trinajstić information content (AvgIpc) is 2.97. The van der Waals surface area contributed by atoms with Gasteiger partial charge in [0.05, 0.1) is 35.9 Å². The van der Waals surface area contributed by atoms with Crippen LogP contribution < -0.4 is 9.47 Å². The number of piperazine rings is 1. The lowest BCUT2D eigenvalue weighted by Gasteiger charge is -2.35. The van der Waals surface area contributed by atoms with Crippen LogP contribution in [0.4, 0.5) is 0 Å². The minimum atomic E-state index is -3.68. The van der Waals surface area contributed by atoms with E-state index in [1.165, 1.54) is 12.7 Å². The molecule has 2 heterocycles. The van der Waals surface area contributed by atoms with E-state index < -0.39 is 9.84 Å². The topological polar surface area (TPSA) is 89.0 Å². The molecule has 1 aliphatic heterocycles. The van der Waals surface area contributed by atoms with Gasteiger partial charge in [-0.3, -0.25) is 14.7 Å². The van der Waals surface area contributed by atoms with Crippen molar-refractivity contribution in [1.82, 2.24) is 14.8 Å². The lowest BCUT2D eigenvalue weighted by atomic mass is 10.1. The molecule has 1 aromatic heterocycles. The van der Waals surface area contributed by atoms with Crippen LogP contribution in [-0.4, -0.2) is 69.5 Å². The number of carbonyl (C=O) groups is 1. The molecule has 0 radical (unpaired) electrons. The van der Waals surface area contributed by atoms with Crippen molar-refractivity contribution < 1.29 is 22.7 Å². The Bertz CT molecular complexity index is 1580. The maximum atomic E-state index is 13.4. The van der Waals surface area contributed by atoms with Gasteiger partial charge in [-0.2, -0.15) is 0 Å². The van der Waals surface area contributed by atoms with Crippen LogP contribution in [0.5, 0.6) is 11.5 Å². The van der Waals surface area contributed by atoms with Crippen molar-refractivity contribution in [2.24, 2.45) is 0 Å². The molecule has 0 saturated carbocycles. The fourth-order valence-electron chi connectivity index (χ4n) is 4.90. The first kappa shape index (κ1) is 26.6. The first-order valence-electron chi connectivity index (χ1n) is 12.8. The number of hydrogen-bond acceptors (Lipinski definition) is 7. The van der Waals surface area contributed by atoms with Gasteiger partial charge in [-0.25, -0.2) is 8.42 Å². The molecular formula is C30H31N3O5S. The van der Waals surface area contributed by atoms with E-state index in [-0.39, 0.29) is 16.6 Å². The zero-order valence-corrected chi connectivity index (χ0v) is 22.9. The summed E-state index contributed by atoms with van der Waals surface area (Å²) in [6.07, 6.45) is 1.59. The Labute approximate surface area is 228 Å². The van der Waals surface area contributed by atoms with Crippen LogP contribution in [0, 0.1) is 0 Å². The number of hydrogen-bond donors (Lipinski definition) is 0. The Balaban J connectivity index is 1.26. The molecule has 39 heavy (non-hydrogen) atoms. The van der Waals surface area contributed by atoms with E-state index in [0.29, 0.717) is 35.5 Å². The molecule has 202 valence electrons. The maximum absolute atomic E-state index is 13.4. The van der Waals surface area contributed by atoms with Gasteiger partial charge in [0.1, 0.15) is 11.5 Å². The van der Waals surface area contributed by atoms with Gasteiger partial charge in [0.2, 0.25) is 0 Å². The molecule has 4 aromatic rings. The first-order valence-corrected chi connectivity index (χ1v) is 14.4. The summed E-state index contributed by atoms with van der Waals surface area (Å²) in [5.74, 6) is 0.850. The van der Waals surface area contributed by atoms with Crippen LogP contribution in [-0.2, 0) is 22.1 Å². The lowest BCUT2D eigenvalue weighted by Crippen LogP contribution is -2.48. The monoisotopic (exact) mass is 545 g/mol. The summed E-state index contributed by atoms with van der Waals surface area (Å²) in [4.78, 5) is 22.0. The van der Waals surface area contributed by atoms with Gasteiger partial charge < -0.3 is 14.4 Å². The van der Waals surface area contributed by atoms with Gasteiger partial charge in [-0.15, -0.1) is 0 Å². The average molecular weight is 546 g/mol. The standard InChI is InChI=1S/C30H31N3O5S/c1-37-25-11-8-22(9-12-25)20-32-15-17-33(18-16-32)30(34)26-13-10-23(19-27(26)38-2)21-39(35,36)28-7-3-5-24-6-4-14-31-29(24)28/h3-14,19H,15-18,20-21H2,1-2H3. The Morgan fingerprint density at radius 3 is 2.31 bits per heavy atom. The van der Waals surface area contributed by atoms with Crippen molar-refractivity contribution in [1.29, 1.82) is 0 Å². The van der Waals surface area contributed by atoms with Crippen LogP contribution in [0.15, 0.2) is 83.9 Å². The van der Waals surface area contributed by atoms with Gasteiger partial charge >= 0.3 is 0 Å². The first-order chi connectivity index (χ1) is 18.9. The fourth-order valence-corrected chi connectivity index (χ4v) is 6.42. The molecule has 0 N–H and O–H groups in total. The van der Waals surface area contributed by atoms with E-state index in [0.717, 1.165) is 30.8 Å². The molecule has 0 bridgehead atoms. The minimum Gasteiger partial charge on any atom is -0.497 e. The molecule has 0 spiro atoms. The van der Waals surface area contributed by atoms with Crippen LogP contribution in [0.2, 0.25) is 0 Å². The van der Waals surface area contributed by atoms with Crippen molar-refractivity contribution in [3.63, 3.8) is 0 Å². The van der Waals surface area contributed by atoms with Crippen LogP contribution >= 0.6 is 0 Å². The third kappa shape index (κ3) is 5.89. The molecule has 9 heteroatoms. The lowest BCUT2D eigenvalue weighted by molar-refractivity contribution is 0.0625. The highest BCUT2D eigenvalue weighted by molar-refractivity contribution is 7.90. The molecule has 8 nitrogen and oxygen atoms in total. The van der Waals surface area contributed by atoms with Gasteiger partial charge in [-0.1, -0.05) is 36.4 Å². The minimum absolute atomic E-state index is 0.122. The Morgan fingerprint density at radius 2 is 1.59 bits per heavy atom. The number of para-hydroxylation sites is 1. The van der Waals surface area contributed by atoms with E-state index in [1.54, 1.807) is 49.7 Å². The van der Waals surface area contributed by atoms with E-state index in [4.69, 9.17) is 9.47 Å². The zero-order chi connectivity index (χ0) is 27.4. The molecule has 1 amide bonds. The summed E-state index contributed by atoms with van der Waals surface area (Å²) < 4.78 is 37.4. The number of fused-ring (bicyclic) bond motifs is 1. The predicted molar refractivity (Wildman–Crippen MR) is 150 cm³/mol. The van der Waals surface area contributed by atoms with Gasteiger partial charge in [0.15, 0.2) is 9.84 Å². The number of amides is 1. The van der Waals surface area contributed by atoms with Gasteiger partial charge in [0.25, 0.3) is 5.91 Å². The summed E-state index contributed by atoms with van der Waals surface area (Å²) in [5, 5.41) is 0.765. The van der Waals surface area contributed by atoms with Crippen molar-refractivity contribution >= 4 is 26.6 Å². The summed E-state index contributed by atoms with van der Waals surface area (Å²) in [6, 6.07) is 21.8. The largest absolute Gasteiger partial charge is 0.497 e. The smallest absolute Gasteiger partial charge is 0.257 e. The number of methoxy groups -OCH3 is 2. The normalized spacial score (nSPS) is 14.4. The second-order valence-corrected chi connectivity index (χ2v) is 11.5. The molecule has 0 atom stereocenters. The molecule has 0 unspecified atom stereocenters. The van der Waals surface area contributed by atoms with Crippen LogP contribution in [0.25, 0.3) is 10.9 Å². The number of pyridine rings is 1. The summed E-state index contributed by atoms with van der Waals surface area (Å²) in [7, 11) is -0.536. The fraction of sp³-hybridized carbons (Fsp3) is 0.267. The SMILES string of the molecule is COc1ccc(CN2CCN(C(=O)c3ccc(CS(=O)(=O)c4cccc5cccnc45)cc3OC)CC2)cc1. The summed E-state index contributed by atoms with van der Waals surface area (Å²) in [5.41, 5.74) is 2.61. The number of sulfone groups is 1. The maximum Gasteiger partial charge on any atom is 0.257 e. The Morgan fingerprint density at radius 1 is 0.872 bits per heavy atom. The summed E-state index contributed by atoms with van der Waals surface area (Å²) >= 11 is 0. The molecule has 1 fully saturated rings. The van der Waals surface area contributed by atoms with Gasteiger partial charge in [-0.05, 0) is 47.5 Å². The molecule has 1 aliphatic rings. The number of carbonyl (C=O) groups excluding carboxylic acids is 1. The number of aromatic nitrogens is 1. The Hall–Kier alpha value is -3.95. The third-order valence-electron chi connectivity index (χ3n) is 7.01. The van der Waals surface area contributed by atoms with Crippen molar-refractivity contribution in [3.05, 3.63) is 95.7 Å². The van der Waals surface area contributed by atoms with E-state index in [1.807, 2.05) is 29.2 Å². The van der Waals surface area contributed by atoms with E-state index in [2.05, 4.69) is 22.0 Å². The second kappa shape index (κ2) is 11.4. The molecule has 5 rings (SSSR count). The molecular weight excluding hydrogens is 514 g/mol. The zero-order valence-electron chi connectivity index (χ0n) is 22.0. The molecule has 0 aliphatic carbocycles. The predicted octanol–water partition coefficient (Wildman–Crippen LogP) is 4.18. The van der Waals surface area contributed by atoms with E-state index >= 15 is 0 Å². The quantitative estimate of drug-likeness (QED) is 0.328. The number of benzene rings is 3. The van der Waals surface area contributed by atoms with Crippen molar-refractivity contribution in [2.45, 2.75) is 17.2 Å². The highest BCUT2D eigenvalue weighted by atomic mass is 32.2. The second-order valence-electron chi connectivity index (χ2n) is 9.54.